The van der Waals surface area contributed by atoms with Crippen LogP contribution in [-0.2, 0) is 13.2 Å². The van der Waals surface area contributed by atoms with Crippen LogP contribution in [0.1, 0.15) is 21.1 Å². The van der Waals surface area contributed by atoms with Crippen molar-refractivity contribution in [2.75, 3.05) is 5.32 Å². The molecule has 0 fully saturated rings. The molecule has 1 amide bonds. The predicted octanol–water partition coefficient (Wildman–Crippen LogP) is 4.73. The number of hydrogen-bond donors (Lipinski definition) is 1. The van der Waals surface area contributed by atoms with Gasteiger partial charge in [-0.15, -0.1) is 11.3 Å². The van der Waals surface area contributed by atoms with Crippen molar-refractivity contribution in [3.05, 3.63) is 58.0 Å². The van der Waals surface area contributed by atoms with Gasteiger partial charge < -0.3 is 5.32 Å². The molecule has 3 aromatic rings. The molecule has 0 spiro atoms. The van der Waals surface area contributed by atoms with E-state index >= 15 is 0 Å². The van der Waals surface area contributed by atoms with Crippen LogP contribution in [0.5, 0.6) is 0 Å². The average Bonchev–Trinajstić information content (AvgIpc) is 3.11. The quantitative estimate of drug-likeness (QED) is 0.729. The van der Waals surface area contributed by atoms with Gasteiger partial charge in [0, 0.05) is 18.0 Å². The van der Waals surface area contributed by atoms with Gasteiger partial charge in [-0.3, -0.25) is 9.48 Å². The van der Waals surface area contributed by atoms with Crippen LogP contribution in [0.15, 0.2) is 41.8 Å². The van der Waals surface area contributed by atoms with Gasteiger partial charge in [0.2, 0.25) is 0 Å². The van der Waals surface area contributed by atoms with Gasteiger partial charge in [-0.25, -0.2) is 0 Å². The van der Waals surface area contributed by atoms with Gasteiger partial charge in [-0.1, -0.05) is 30.3 Å². The lowest BCUT2D eigenvalue weighted by atomic mass is 10.0. The van der Waals surface area contributed by atoms with Crippen LogP contribution in [0.4, 0.5) is 18.9 Å². The SMILES string of the molecule is Cc1cc(C(=O)Nc2csc(C(F)(F)F)c2-c2ccccc2)n(C)n1. The Morgan fingerprint density at radius 2 is 1.92 bits per heavy atom. The highest BCUT2D eigenvalue weighted by molar-refractivity contribution is 7.11. The molecule has 25 heavy (non-hydrogen) atoms. The van der Waals surface area contributed by atoms with Crippen molar-refractivity contribution in [2.24, 2.45) is 7.05 Å². The van der Waals surface area contributed by atoms with Gasteiger partial charge in [0.15, 0.2) is 0 Å². The van der Waals surface area contributed by atoms with Crippen LogP contribution >= 0.6 is 11.3 Å². The number of halogens is 3. The maximum Gasteiger partial charge on any atom is 0.426 e. The summed E-state index contributed by atoms with van der Waals surface area (Å²) in [5.74, 6) is -0.508. The van der Waals surface area contributed by atoms with E-state index in [0.29, 0.717) is 22.6 Å². The molecule has 2 heterocycles. The van der Waals surface area contributed by atoms with Crippen LogP contribution < -0.4 is 5.32 Å². The predicted molar refractivity (Wildman–Crippen MR) is 90.7 cm³/mol. The Bertz CT molecular complexity index is 913. The molecule has 4 nitrogen and oxygen atoms in total. The third kappa shape index (κ3) is 3.43. The molecular formula is C17H14F3N3OS. The van der Waals surface area contributed by atoms with Gasteiger partial charge in [0.1, 0.15) is 10.6 Å². The lowest BCUT2D eigenvalue weighted by Gasteiger charge is -2.11. The molecule has 1 aromatic carbocycles. The standard InChI is InChI=1S/C17H14F3N3OS/c1-10-8-13(23(2)22-10)16(24)21-12-9-25-15(17(18,19)20)14(12)11-6-4-3-5-7-11/h3-9H,1-2H3,(H,21,24). The number of amides is 1. The van der Waals surface area contributed by atoms with Crippen molar-refractivity contribution >= 4 is 22.9 Å². The fourth-order valence-electron chi connectivity index (χ4n) is 2.56. The minimum atomic E-state index is -4.50. The minimum Gasteiger partial charge on any atom is -0.319 e. The van der Waals surface area contributed by atoms with Crippen molar-refractivity contribution in [2.45, 2.75) is 13.1 Å². The summed E-state index contributed by atoms with van der Waals surface area (Å²) in [6.45, 7) is 1.73. The summed E-state index contributed by atoms with van der Waals surface area (Å²) in [7, 11) is 1.61. The number of benzene rings is 1. The lowest BCUT2D eigenvalue weighted by Crippen LogP contribution is -2.16. The number of nitrogens with zero attached hydrogens (tertiary/aromatic N) is 2. The summed E-state index contributed by atoms with van der Waals surface area (Å²) in [6.07, 6.45) is -4.50. The number of rotatable bonds is 3. The molecule has 0 saturated heterocycles. The van der Waals surface area contributed by atoms with Crippen LogP contribution in [0.25, 0.3) is 11.1 Å². The average molecular weight is 365 g/mol. The van der Waals surface area contributed by atoms with Crippen LogP contribution in [0.2, 0.25) is 0 Å². The van der Waals surface area contributed by atoms with Gasteiger partial charge in [-0.05, 0) is 18.6 Å². The van der Waals surface area contributed by atoms with E-state index in [1.54, 1.807) is 50.4 Å². The molecule has 0 bridgehead atoms. The second-order valence-electron chi connectivity index (χ2n) is 5.47. The van der Waals surface area contributed by atoms with Crippen LogP contribution in [0, 0.1) is 6.92 Å². The highest BCUT2D eigenvalue weighted by atomic mass is 32.1. The Morgan fingerprint density at radius 1 is 1.24 bits per heavy atom. The third-order valence-electron chi connectivity index (χ3n) is 3.59. The zero-order valence-corrected chi connectivity index (χ0v) is 14.2. The molecule has 130 valence electrons. The molecule has 0 radical (unpaired) electrons. The monoisotopic (exact) mass is 365 g/mol. The van der Waals surface area contributed by atoms with Gasteiger partial charge in [-0.2, -0.15) is 18.3 Å². The Morgan fingerprint density at radius 3 is 2.48 bits per heavy atom. The zero-order chi connectivity index (χ0) is 18.2. The summed E-state index contributed by atoms with van der Waals surface area (Å²) in [4.78, 5) is 11.7. The summed E-state index contributed by atoms with van der Waals surface area (Å²) in [5, 5.41) is 7.97. The molecule has 0 aliphatic rings. The number of alkyl halides is 3. The van der Waals surface area contributed by atoms with Crippen LogP contribution in [0.3, 0.4) is 0 Å². The van der Waals surface area contributed by atoms with E-state index in [-0.39, 0.29) is 16.9 Å². The number of anilines is 1. The molecule has 0 aliphatic heterocycles. The van der Waals surface area contributed by atoms with Crippen molar-refractivity contribution < 1.29 is 18.0 Å². The number of aryl methyl sites for hydroxylation is 2. The second-order valence-corrected chi connectivity index (χ2v) is 6.35. The summed E-state index contributed by atoms with van der Waals surface area (Å²) in [5.41, 5.74) is 1.43. The molecule has 8 heteroatoms. The van der Waals surface area contributed by atoms with Crippen molar-refractivity contribution in [3.8, 4) is 11.1 Å². The van der Waals surface area contributed by atoms with E-state index in [9.17, 15) is 18.0 Å². The Kier molecular flexibility index (Phi) is 4.38. The van der Waals surface area contributed by atoms with Gasteiger partial charge in [0.25, 0.3) is 5.91 Å². The fourth-order valence-corrected chi connectivity index (χ4v) is 3.45. The van der Waals surface area contributed by atoms with E-state index < -0.39 is 17.0 Å². The maximum atomic E-state index is 13.4. The van der Waals surface area contributed by atoms with Crippen LogP contribution in [-0.4, -0.2) is 15.7 Å². The van der Waals surface area contributed by atoms with Crippen molar-refractivity contribution in [1.29, 1.82) is 0 Å². The smallest absolute Gasteiger partial charge is 0.319 e. The fraction of sp³-hybridized carbons (Fsp3) is 0.176. The summed E-state index contributed by atoms with van der Waals surface area (Å²) >= 11 is 0.562. The van der Waals surface area contributed by atoms with Crippen molar-refractivity contribution in [1.82, 2.24) is 9.78 Å². The first kappa shape index (κ1) is 17.2. The minimum absolute atomic E-state index is 0.0228. The third-order valence-corrected chi connectivity index (χ3v) is 4.62. The molecule has 0 aliphatic carbocycles. The first-order chi connectivity index (χ1) is 11.8. The molecule has 3 rings (SSSR count). The topological polar surface area (TPSA) is 46.9 Å². The highest BCUT2D eigenvalue weighted by Gasteiger charge is 2.37. The van der Waals surface area contributed by atoms with E-state index in [2.05, 4.69) is 10.4 Å². The molecule has 0 atom stereocenters. The zero-order valence-electron chi connectivity index (χ0n) is 13.4. The molecule has 0 saturated carbocycles. The number of carbonyl (C=O) groups excluding carboxylic acids is 1. The van der Waals surface area contributed by atoms with E-state index in [1.165, 1.54) is 10.1 Å². The number of hydrogen-bond acceptors (Lipinski definition) is 3. The Balaban J connectivity index is 2.04. The van der Waals surface area contributed by atoms with E-state index in [1.807, 2.05) is 0 Å². The first-order valence-electron chi connectivity index (χ1n) is 7.33. The Labute approximate surface area is 145 Å². The van der Waals surface area contributed by atoms with Gasteiger partial charge >= 0.3 is 6.18 Å². The number of thiophene rings is 1. The maximum absolute atomic E-state index is 13.4. The molecule has 1 N–H and O–H groups in total. The summed E-state index contributed by atoms with van der Waals surface area (Å²) in [6, 6.07) is 9.78. The molecule has 0 unspecified atom stereocenters. The van der Waals surface area contributed by atoms with E-state index in [4.69, 9.17) is 0 Å². The van der Waals surface area contributed by atoms with Gasteiger partial charge in [0.05, 0.1) is 11.4 Å². The van der Waals surface area contributed by atoms with Crippen molar-refractivity contribution in [3.63, 3.8) is 0 Å². The lowest BCUT2D eigenvalue weighted by molar-refractivity contribution is -0.133. The molecule has 2 aromatic heterocycles. The first-order valence-corrected chi connectivity index (χ1v) is 8.21. The highest BCUT2D eigenvalue weighted by Crippen LogP contribution is 2.45. The Hall–Kier alpha value is -2.61. The number of carbonyl (C=O) groups is 1. The number of nitrogens with one attached hydrogen (secondary N) is 1. The van der Waals surface area contributed by atoms with E-state index in [0.717, 1.165) is 0 Å². The number of aromatic nitrogens is 2. The molecular weight excluding hydrogens is 351 g/mol. The second kappa shape index (κ2) is 6.36. The summed E-state index contributed by atoms with van der Waals surface area (Å²) < 4.78 is 41.5. The normalized spacial score (nSPS) is 11.6. The largest absolute Gasteiger partial charge is 0.426 e.